The third-order valence-electron chi connectivity index (χ3n) is 3.11. The van der Waals surface area contributed by atoms with Gasteiger partial charge in [-0.3, -0.25) is 14.4 Å². The smallest absolute Gasteiger partial charge is 0.305 e. The molecule has 6 nitrogen and oxygen atoms in total. The number of carboxylic acid groups (broad SMARTS) is 1. The average Bonchev–Trinajstić information content (AvgIpc) is 2.27. The van der Waals surface area contributed by atoms with Crippen LogP contribution in [0.1, 0.15) is 39.5 Å². The van der Waals surface area contributed by atoms with Crippen molar-refractivity contribution >= 4 is 17.8 Å². The van der Waals surface area contributed by atoms with Crippen molar-refractivity contribution in [2.24, 2.45) is 0 Å². The van der Waals surface area contributed by atoms with E-state index in [0.29, 0.717) is 13.0 Å². The highest BCUT2D eigenvalue weighted by molar-refractivity contribution is 5.87. The number of nitrogens with zero attached hydrogens (tertiary/aromatic N) is 1. The van der Waals surface area contributed by atoms with E-state index in [0.717, 1.165) is 12.8 Å². The Labute approximate surface area is 106 Å². The number of amides is 2. The predicted octanol–water partition coefficient (Wildman–Crippen LogP) is 0.367. The third-order valence-corrected chi connectivity index (χ3v) is 3.11. The van der Waals surface area contributed by atoms with Gasteiger partial charge in [-0.25, -0.2) is 0 Å². The van der Waals surface area contributed by atoms with Gasteiger partial charge < -0.3 is 15.3 Å². The molecule has 2 unspecified atom stereocenters. The molecule has 1 heterocycles. The standard InChI is InChI=1S/C12H20N2O4/c1-8(13-9(2)15)12(18)14-6-4-3-5-10(14)7-11(16)17/h8,10H,3-7H2,1-2H3,(H,13,15)(H,16,17). The molecule has 0 saturated carbocycles. The minimum Gasteiger partial charge on any atom is -0.481 e. The Hall–Kier alpha value is -1.59. The van der Waals surface area contributed by atoms with E-state index >= 15 is 0 Å². The van der Waals surface area contributed by atoms with Crippen molar-refractivity contribution in [3.8, 4) is 0 Å². The maximum absolute atomic E-state index is 12.1. The van der Waals surface area contributed by atoms with E-state index < -0.39 is 12.0 Å². The molecule has 0 aromatic carbocycles. The quantitative estimate of drug-likeness (QED) is 0.760. The SMILES string of the molecule is CC(=O)NC(C)C(=O)N1CCCCC1CC(=O)O. The van der Waals surface area contributed by atoms with E-state index in [2.05, 4.69) is 5.32 Å². The maximum atomic E-state index is 12.1. The summed E-state index contributed by atoms with van der Waals surface area (Å²) in [4.78, 5) is 35.4. The van der Waals surface area contributed by atoms with E-state index in [9.17, 15) is 14.4 Å². The minimum absolute atomic E-state index is 0.0292. The summed E-state index contributed by atoms with van der Waals surface area (Å²) in [5.41, 5.74) is 0. The van der Waals surface area contributed by atoms with Crippen LogP contribution in [0.2, 0.25) is 0 Å². The number of nitrogens with one attached hydrogen (secondary N) is 1. The lowest BCUT2D eigenvalue weighted by Gasteiger charge is -2.36. The van der Waals surface area contributed by atoms with Gasteiger partial charge in [-0.1, -0.05) is 0 Å². The first-order valence-corrected chi connectivity index (χ1v) is 6.21. The topological polar surface area (TPSA) is 86.7 Å². The van der Waals surface area contributed by atoms with Gasteiger partial charge in [-0.2, -0.15) is 0 Å². The number of likely N-dealkylation sites (tertiary alicyclic amines) is 1. The zero-order valence-electron chi connectivity index (χ0n) is 10.8. The molecular weight excluding hydrogens is 236 g/mol. The molecule has 1 fully saturated rings. The van der Waals surface area contributed by atoms with Gasteiger partial charge in [0.15, 0.2) is 0 Å². The molecular formula is C12H20N2O4. The van der Waals surface area contributed by atoms with Gasteiger partial charge in [0.1, 0.15) is 6.04 Å². The van der Waals surface area contributed by atoms with E-state index in [-0.39, 0.29) is 24.3 Å². The highest BCUT2D eigenvalue weighted by Crippen LogP contribution is 2.20. The molecule has 0 aromatic heterocycles. The van der Waals surface area contributed by atoms with Gasteiger partial charge in [0.05, 0.1) is 6.42 Å². The Balaban J connectivity index is 2.67. The van der Waals surface area contributed by atoms with Gasteiger partial charge in [-0.05, 0) is 26.2 Å². The molecule has 102 valence electrons. The molecule has 1 aliphatic heterocycles. The van der Waals surface area contributed by atoms with Gasteiger partial charge in [0.25, 0.3) is 0 Å². The van der Waals surface area contributed by atoms with Crippen molar-refractivity contribution in [2.75, 3.05) is 6.54 Å². The summed E-state index contributed by atoms with van der Waals surface area (Å²) < 4.78 is 0. The lowest BCUT2D eigenvalue weighted by Crippen LogP contribution is -2.52. The maximum Gasteiger partial charge on any atom is 0.305 e. The van der Waals surface area contributed by atoms with Crippen molar-refractivity contribution in [2.45, 2.75) is 51.6 Å². The second kappa shape index (κ2) is 6.37. The van der Waals surface area contributed by atoms with Gasteiger partial charge in [0, 0.05) is 19.5 Å². The summed E-state index contributed by atoms with van der Waals surface area (Å²) in [5, 5.41) is 11.4. The lowest BCUT2D eigenvalue weighted by molar-refractivity contribution is -0.143. The van der Waals surface area contributed by atoms with E-state index in [1.165, 1.54) is 6.92 Å². The molecule has 0 radical (unpaired) electrons. The number of aliphatic carboxylic acids is 1. The van der Waals surface area contributed by atoms with Gasteiger partial charge >= 0.3 is 5.97 Å². The van der Waals surface area contributed by atoms with Crippen LogP contribution in [-0.4, -0.2) is 46.4 Å². The summed E-state index contributed by atoms with van der Waals surface area (Å²) in [5.74, 6) is -1.36. The second-order valence-corrected chi connectivity index (χ2v) is 4.70. The summed E-state index contributed by atoms with van der Waals surface area (Å²) in [6.45, 7) is 3.55. The Kier molecular flexibility index (Phi) is 5.12. The fourth-order valence-corrected chi connectivity index (χ4v) is 2.32. The molecule has 18 heavy (non-hydrogen) atoms. The summed E-state index contributed by atoms with van der Waals surface area (Å²) in [6.07, 6.45) is 2.51. The summed E-state index contributed by atoms with van der Waals surface area (Å²) >= 11 is 0. The molecule has 1 saturated heterocycles. The highest BCUT2D eigenvalue weighted by Gasteiger charge is 2.31. The molecule has 0 bridgehead atoms. The van der Waals surface area contributed by atoms with E-state index in [4.69, 9.17) is 5.11 Å². The van der Waals surface area contributed by atoms with Crippen LogP contribution >= 0.6 is 0 Å². The molecule has 0 aliphatic carbocycles. The molecule has 6 heteroatoms. The number of carbonyl (C=O) groups is 3. The largest absolute Gasteiger partial charge is 0.481 e. The Morgan fingerprint density at radius 1 is 1.39 bits per heavy atom. The third kappa shape index (κ3) is 4.01. The van der Waals surface area contributed by atoms with Crippen LogP contribution in [-0.2, 0) is 14.4 Å². The summed E-state index contributed by atoms with van der Waals surface area (Å²) in [7, 11) is 0. The molecule has 1 rings (SSSR count). The second-order valence-electron chi connectivity index (χ2n) is 4.70. The van der Waals surface area contributed by atoms with Crippen molar-refractivity contribution < 1.29 is 19.5 Å². The predicted molar refractivity (Wildman–Crippen MR) is 64.9 cm³/mol. The summed E-state index contributed by atoms with van der Waals surface area (Å²) in [6, 6.07) is -0.850. The first kappa shape index (κ1) is 14.5. The van der Waals surface area contributed by atoms with Crippen molar-refractivity contribution in [3.05, 3.63) is 0 Å². The molecule has 2 amide bonds. The normalized spacial score (nSPS) is 21.2. The minimum atomic E-state index is -0.896. The van der Waals surface area contributed by atoms with E-state index in [1.807, 2.05) is 0 Å². The molecule has 2 atom stereocenters. The number of carbonyl (C=O) groups excluding carboxylic acids is 2. The van der Waals surface area contributed by atoms with Crippen LogP contribution < -0.4 is 5.32 Å². The van der Waals surface area contributed by atoms with Crippen molar-refractivity contribution in [3.63, 3.8) is 0 Å². The number of carboxylic acids is 1. The number of piperidine rings is 1. The first-order valence-electron chi connectivity index (χ1n) is 6.21. The van der Waals surface area contributed by atoms with Crippen LogP contribution in [0, 0.1) is 0 Å². The van der Waals surface area contributed by atoms with Crippen molar-refractivity contribution in [1.29, 1.82) is 0 Å². The fraction of sp³-hybridized carbons (Fsp3) is 0.750. The highest BCUT2D eigenvalue weighted by atomic mass is 16.4. The van der Waals surface area contributed by atoms with Gasteiger partial charge in [-0.15, -0.1) is 0 Å². The molecule has 0 aromatic rings. The zero-order valence-corrected chi connectivity index (χ0v) is 10.8. The Bertz CT molecular complexity index is 343. The van der Waals surface area contributed by atoms with Crippen LogP contribution in [0.15, 0.2) is 0 Å². The van der Waals surface area contributed by atoms with Crippen molar-refractivity contribution in [1.82, 2.24) is 10.2 Å². The Morgan fingerprint density at radius 2 is 2.06 bits per heavy atom. The fourth-order valence-electron chi connectivity index (χ4n) is 2.32. The molecule has 2 N–H and O–H groups in total. The van der Waals surface area contributed by atoms with Crippen LogP contribution in [0.4, 0.5) is 0 Å². The van der Waals surface area contributed by atoms with Crippen LogP contribution in [0.5, 0.6) is 0 Å². The number of hydrogen-bond acceptors (Lipinski definition) is 3. The van der Waals surface area contributed by atoms with Crippen LogP contribution in [0.25, 0.3) is 0 Å². The molecule has 1 aliphatic rings. The van der Waals surface area contributed by atoms with Crippen LogP contribution in [0.3, 0.4) is 0 Å². The van der Waals surface area contributed by atoms with E-state index in [1.54, 1.807) is 11.8 Å². The Morgan fingerprint density at radius 3 is 2.61 bits per heavy atom. The lowest BCUT2D eigenvalue weighted by atomic mass is 9.98. The average molecular weight is 256 g/mol. The zero-order chi connectivity index (χ0) is 13.7. The molecule has 0 spiro atoms. The number of hydrogen-bond donors (Lipinski definition) is 2. The monoisotopic (exact) mass is 256 g/mol. The number of rotatable bonds is 4. The van der Waals surface area contributed by atoms with Gasteiger partial charge in [0.2, 0.25) is 11.8 Å². The first-order chi connectivity index (χ1) is 8.41.